The van der Waals surface area contributed by atoms with Crippen molar-refractivity contribution in [1.82, 2.24) is 0 Å². The smallest absolute Gasteiger partial charge is 0.313 e. The minimum Gasteiger partial charge on any atom is -0.481 e. The van der Waals surface area contributed by atoms with Crippen LogP contribution in [0, 0.1) is 0 Å². The highest BCUT2D eigenvalue weighted by atomic mass is 32.2. The average molecular weight is 425 g/mol. The van der Waals surface area contributed by atoms with Gasteiger partial charge in [-0.3, -0.25) is 9.59 Å². The second-order valence-electron chi connectivity index (χ2n) is 4.67. The lowest BCUT2D eigenvalue weighted by Crippen LogP contribution is -2.01. The van der Waals surface area contributed by atoms with Gasteiger partial charge in [0.1, 0.15) is 0 Å². The summed E-state index contributed by atoms with van der Waals surface area (Å²) in [6.07, 6.45) is 0. The van der Waals surface area contributed by atoms with Crippen molar-refractivity contribution in [3.05, 3.63) is 71.8 Å². The van der Waals surface area contributed by atoms with Gasteiger partial charge in [-0.05, 0) is 11.1 Å². The third kappa shape index (κ3) is 9.67. The van der Waals surface area contributed by atoms with E-state index in [0.29, 0.717) is 8.39 Å². The molecule has 2 aromatic carbocycles. The largest absolute Gasteiger partial charge is 0.481 e. The number of carboxylic acid groups (broad SMARTS) is 2. The highest BCUT2D eigenvalue weighted by Gasteiger charge is 2.04. The van der Waals surface area contributed by atoms with E-state index < -0.39 is 11.9 Å². The van der Waals surface area contributed by atoms with Gasteiger partial charge in [0.05, 0.1) is 19.9 Å². The first kappa shape index (κ1) is 22.3. The number of rotatable bonds is 6. The summed E-state index contributed by atoms with van der Waals surface area (Å²) >= 11 is 12.4. The first-order valence-electron chi connectivity index (χ1n) is 7.28. The van der Waals surface area contributed by atoms with Crippen LogP contribution in [0.5, 0.6) is 0 Å². The van der Waals surface area contributed by atoms with E-state index in [1.807, 2.05) is 60.7 Å². The van der Waals surface area contributed by atoms with Crippen LogP contribution in [-0.4, -0.2) is 42.1 Å². The third-order valence-corrected chi connectivity index (χ3v) is 5.63. The molecule has 0 spiro atoms. The number of hydrogen-bond donors (Lipinski definition) is 2. The molecule has 0 aromatic heterocycles. The fourth-order valence-corrected chi connectivity index (χ4v) is 3.31. The van der Waals surface area contributed by atoms with Gasteiger partial charge in [-0.15, -0.1) is 23.5 Å². The number of thioether (sulfide) groups is 2. The Bertz CT molecular complexity index is 683. The maximum absolute atomic E-state index is 10.3. The van der Waals surface area contributed by atoms with E-state index in [-0.39, 0.29) is 11.5 Å². The molecule has 4 nitrogen and oxygen atoms in total. The third-order valence-electron chi connectivity index (χ3n) is 2.67. The molecule has 0 heterocycles. The van der Waals surface area contributed by atoms with E-state index in [0.717, 1.165) is 11.1 Å². The fourth-order valence-electron chi connectivity index (χ4n) is 1.57. The zero-order chi connectivity index (χ0) is 19.4. The molecule has 2 N–H and O–H groups in total. The minimum absolute atomic E-state index is 0.0216. The van der Waals surface area contributed by atoms with Crippen molar-refractivity contribution in [2.45, 2.75) is 0 Å². The molecule has 0 aliphatic heterocycles. The van der Waals surface area contributed by atoms with Crippen molar-refractivity contribution in [1.29, 1.82) is 0 Å². The summed E-state index contributed by atoms with van der Waals surface area (Å²) in [5, 5.41) is 16.9. The minimum atomic E-state index is -0.844. The lowest BCUT2D eigenvalue weighted by Gasteiger charge is -2.00. The first-order valence-corrected chi connectivity index (χ1v) is 10.1. The lowest BCUT2D eigenvalue weighted by atomic mass is 10.2. The van der Waals surface area contributed by atoms with Crippen LogP contribution in [0.1, 0.15) is 11.1 Å². The first-order chi connectivity index (χ1) is 12.4. The summed E-state index contributed by atoms with van der Waals surface area (Å²) in [6, 6.07) is 18.8. The number of hydrogen-bond acceptors (Lipinski definition) is 6. The van der Waals surface area contributed by atoms with Crippen LogP contribution in [-0.2, 0) is 9.59 Å². The van der Waals surface area contributed by atoms with E-state index >= 15 is 0 Å². The number of carbonyl (C=O) groups is 2. The molecule has 0 saturated heterocycles. The second kappa shape index (κ2) is 12.6. The van der Waals surface area contributed by atoms with Gasteiger partial charge >= 0.3 is 11.9 Å². The van der Waals surface area contributed by atoms with Gasteiger partial charge in [0.2, 0.25) is 0 Å². The number of thiocarbonyl (C=S) groups is 2. The van der Waals surface area contributed by atoms with E-state index in [1.165, 1.54) is 23.5 Å². The van der Waals surface area contributed by atoms with E-state index in [4.69, 9.17) is 34.6 Å². The van der Waals surface area contributed by atoms with Crippen molar-refractivity contribution in [3.8, 4) is 0 Å². The van der Waals surface area contributed by atoms with Gasteiger partial charge in [-0.1, -0.05) is 85.1 Å². The predicted octanol–water partition coefficient (Wildman–Crippen LogP) is 4.36. The Labute approximate surface area is 171 Å². The molecule has 2 aromatic rings. The van der Waals surface area contributed by atoms with Crippen molar-refractivity contribution >= 4 is 68.3 Å². The lowest BCUT2D eigenvalue weighted by molar-refractivity contribution is -0.134. The Morgan fingerprint density at radius 1 is 0.692 bits per heavy atom. The number of aliphatic carboxylic acids is 2. The fraction of sp³-hybridized carbons (Fsp3) is 0.111. The van der Waals surface area contributed by atoms with Crippen LogP contribution in [0.25, 0.3) is 0 Å². The Balaban J connectivity index is 0.000000260. The van der Waals surface area contributed by atoms with E-state index in [9.17, 15) is 9.59 Å². The summed E-state index contributed by atoms with van der Waals surface area (Å²) < 4.78 is 1.26. The molecular formula is C18H16O4S4. The van der Waals surface area contributed by atoms with Gasteiger partial charge in [-0.25, -0.2) is 0 Å². The van der Waals surface area contributed by atoms with Crippen LogP contribution in [0.4, 0.5) is 0 Å². The molecule has 0 unspecified atom stereocenters. The molecule has 0 atom stereocenters. The number of carboxylic acids is 2. The van der Waals surface area contributed by atoms with Crippen LogP contribution in [0.15, 0.2) is 60.7 Å². The monoisotopic (exact) mass is 424 g/mol. The molecule has 0 amide bonds. The molecule has 8 heteroatoms. The van der Waals surface area contributed by atoms with Gasteiger partial charge < -0.3 is 10.2 Å². The maximum Gasteiger partial charge on any atom is 0.313 e. The molecule has 0 aliphatic carbocycles. The van der Waals surface area contributed by atoms with Gasteiger partial charge in [-0.2, -0.15) is 0 Å². The van der Waals surface area contributed by atoms with Crippen molar-refractivity contribution in [2.24, 2.45) is 0 Å². The molecule has 0 radical (unpaired) electrons. The Morgan fingerprint density at radius 2 is 1.00 bits per heavy atom. The Kier molecular flexibility index (Phi) is 10.8. The Morgan fingerprint density at radius 3 is 1.27 bits per heavy atom. The molecular weight excluding hydrogens is 408 g/mol. The highest BCUT2D eigenvalue weighted by Crippen LogP contribution is 2.14. The topological polar surface area (TPSA) is 74.6 Å². The van der Waals surface area contributed by atoms with Crippen molar-refractivity contribution in [3.63, 3.8) is 0 Å². The van der Waals surface area contributed by atoms with E-state index in [2.05, 4.69) is 0 Å². The predicted molar refractivity (Wildman–Crippen MR) is 116 cm³/mol. The summed E-state index contributed by atoms with van der Waals surface area (Å²) in [5.74, 6) is -1.65. The van der Waals surface area contributed by atoms with Crippen LogP contribution >= 0.6 is 48.0 Å². The number of benzene rings is 2. The summed E-state index contributed by atoms with van der Waals surface area (Å²) in [5.41, 5.74) is 1.81. The zero-order valence-corrected chi connectivity index (χ0v) is 16.8. The molecule has 0 saturated carbocycles. The van der Waals surface area contributed by atoms with Gasteiger partial charge in [0.25, 0.3) is 0 Å². The molecule has 0 fully saturated rings. The normalized spacial score (nSPS) is 9.54. The van der Waals surface area contributed by atoms with Crippen LogP contribution in [0.2, 0.25) is 0 Å². The van der Waals surface area contributed by atoms with E-state index in [1.54, 1.807) is 0 Å². The van der Waals surface area contributed by atoms with Crippen molar-refractivity contribution in [2.75, 3.05) is 11.5 Å². The quantitative estimate of drug-likeness (QED) is 0.663. The maximum atomic E-state index is 10.3. The van der Waals surface area contributed by atoms with Gasteiger partial charge in [0.15, 0.2) is 0 Å². The zero-order valence-electron chi connectivity index (χ0n) is 13.5. The Hall–Kier alpha value is -1.74. The van der Waals surface area contributed by atoms with Crippen LogP contribution < -0.4 is 0 Å². The average Bonchev–Trinajstić information content (AvgIpc) is 2.66. The molecule has 26 heavy (non-hydrogen) atoms. The van der Waals surface area contributed by atoms with Crippen molar-refractivity contribution < 1.29 is 19.8 Å². The molecule has 0 bridgehead atoms. The molecule has 136 valence electrons. The highest BCUT2D eigenvalue weighted by molar-refractivity contribution is 8.24. The summed E-state index contributed by atoms with van der Waals surface area (Å²) in [7, 11) is 0. The SMILES string of the molecule is O=C(O)CSC(=S)c1ccccc1.O=C(O)CSC(=S)c1ccccc1. The van der Waals surface area contributed by atoms with Crippen LogP contribution in [0.3, 0.4) is 0 Å². The standard InChI is InChI=1S/2C9H8O2S2/c2*10-8(11)6-13-9(12)7-4-2-1-3-5-7/h2*1-5H,6H2,(H,10,11). The summed E-state index contributed by atoms with van der Waals surface area (Å²) in [4.78, 5) is 20.5. The summed E-state index contributed by atoms with van der Waals surface area (Å²) in [6.45, 7) is 0. The molecule has 0 aliphatic rings. The van der Waals surface area contributed by atoms with Gasteiger partial charge in [0, 0.05) is 0 Å². The second-order valence-corrected chi connectivity index (χ2v) is 7.98. The molecule has 2 rings (SSSR count).